The van der Waals surface area contributed by atoms with E-state index in [0.29, 0.717) is 30.5 Å². The lowest BCUT2D eigenvalue weighted by atomic mass is 9.84. The van der Waals surface area contributed by atoms with E-state index in [1.54, 1.807) is 10.9 Å². The van der Waals surface area contributed by atoms with Gasteiger partial charge in [-0.05, 0) is 65.4 Å². The van der Waals surface area contributed by atoms with Crippen molar-refractivity contribution in [3.8, 4) is 16.3 Å². The molecule has 0 spiro atoms. The van der Waals surface area contributed by atoms with Crippen LogP contribution >= 0.6 is 27.3 Å². The van der Waals surface area contributed by atoms with Crippen molar-refractivity contribution in [3.05, 3.63) is 58.0 Å². The summed E-state index contributed by atoms with van der Waals surface area (Å²) >= 11 is 4.99. The van der Waals surface area contributed by atoms with Crippen molar-refractivity contribution >= 4 is 45.1 Å². The highest BCUT2D eigenvalue weighted by atomic mass is 79.9. The number of carbonyl (C=O) groups is 3. The van der Waals surface area contributed by atoms with Crippen LogP contribution in [0.5, 0.6) is 0 Å². The van der Waals surface area contributed by atoms with Gasteiger partial charge in [-0.1, -0.05) is 44.9 Å². The van der Waals surface area contributed by atoms with Gasteiger partial charge in [0.15, 0.2) is 0 Å². The molecule has 0 bridgehead atoms. The van der Waals surface area contributed by atoms with Gasteiger partial charge in [0.05, 0.1) is 19.9 Å². The minimum Gasteiger partial charge on any atom is -0.480 e. The Bertz CT molecular complexity index is 1260. The van der Waals surface area contributed by atoms with E-state index in [1.165, 1.54) is 11.3 Å². The van der Waals surface area contributed by atoms with E-state index in [-0.39, 0.29) is 29.7 Å². The molecule has 37 heavy (non-hydrogen) atoms. The number of carbonyl (C=O) groups excluding carboxylic acids is 2. The van der Waals surface area contributed by atoms with Crippen LogP contribution in [0.1, 0.15) is 56.3 Å². The van der Waals surface area contributed by atoms with Gasteiger partial charge in [0.2, 0.25) is 5.91 Å². The fourth-order valence-electron chi connectivity index (χ4n) is 4.65. The second-order valence-electron chi connectivity index (χ2n) is 9.52. The van der Waals surface area contributed by atoms with Crippen LogP contribution in [-0.2, 0) is 9.59 Å². The Morgan fingerprint density at radius 3 is 2.59 bits per heavy atom. The van der Waals surface area contributed by atoms with Crippen molar-refractivity contribution in [2.75, 3.05) is 0 Å². The first-order valence-electron chi connectivity index (χ1n) is 12.5. The molecule has 10 heteroatoms. The van der Waals surface area contributed by atoms with Crippen molar-refractivity contribution in [1.29, 1.82) is 0 Å². The molecule has 4 atom stereocenters. The van der Waals surface area contributed by atoms with Gasteiger partial charge >= 0.3 is 5.97 Å². The van der Waals surface area contributed by atoms with Gasteiger partial charge in [0.25, 0.3) is 5.91 Å². The Kier molecular flexibility index (Phi) is 8.81. The quantitative estimate of drug-likeness (QED) is 0.316. The molecule has 1 saturated carbocycles. The highest BCUT2D eigenvalue weighted by molar-refractivity contribution is 9.11. The first-order chi connectivity index (χ1) is 17.8. The van der Waals surface area contributed by atoms with Crippen LogP contribution in [0, 0.1) is 11.8 Å². The van der Waals surface area contributed by atoms with Crippen LogP contribution in [0.25, 0.3) is 16.3 Å². The zero-order chi connectivity index (χ0) is 26.5. The Balaban J connectivity index is 1.50. The van der Waals surface area contributed by atoms with Crippen LogP contribution in [0.3, 0.4) is 0 Å². The Labute approximate surface area is 228 Å². The molecule has 2 unspecified atom stereocenters. The molecule has 8 nitrogen and oxygen atoms in total. The number of nitrogens with zero attached hydrogens (tertiary/aromatic N) is 2. The van der Waals surface area contributed by atoms with Gasteiger partial charge in [-0.3, -0.25) is 9.59 Å². The van der Waals surface area contributed by atoms with Crippen molar-refractivity contribution < 1.29 is 19.5 Å². The highest BCUT2D eigenvalue weighted by Gasteiger charge is 2.33. The summed E-state index contributed by atoms with van der Waals surface area (Å²) < 4.78 is 2.65. The van der Waals surface area contributed by atoms with Gasteiger partial charge < -0.3 is 15.7 Å². The molecule has 2 aromatic heterocycles. The zero-order valence-electron chi connectivity index (χ0n) is 20.8. The maximum Gasteiger partial charge on any atom is 0.326 e. The molecular weight excluding hydrogens is 556 g/mol. The lowest BCUT2D eigenvalue weighted by Gasteiger charge is -2.30. The van der Waals surface area contributed by atoms with E-state index >= 15 is 0 Å². The van der Waals surface area contributed by atoms with Crippen LogP contribution in [0.4, 0.5) is 0 Å². The van der Waals surface area contributed by atoms with Crippen molar-refractivity contribution in [2.24, 2.45) is 11.8 Å². The molecule has 0 saturated heterocycles. The lowest BCUT2D eigenvalue weighted by molar-refractivity contribution is -0.144. The molecule has 4 rings (SSSR count). The first kappa shape index (κ1) is 27.1. The van der Waals surface area contributed by atoms with Gasteiger partial charge in [0, 0.05) is 18.2 Å². The molecule has 2 amide bonds. The second kappa shape index (κ2) is 12.0. The maximum absolute atomic E-state index is 13.5. The monoisotopic (exact) mass is 586 g/mol. The molecular formula is C27H31BrN4O4S. The second-order valence-corrected chi connectivity index (χ2v) is 12.0. The number of nitrogens with one attached hydrogen (secondary N) is 2. The number of rotatable bonds is 9. The van der Waals surface area contributed by atoms with Gasteiger partial charge in [-0.15, -0.1) is 11.3 Å². The van der Waals surface area contributed by atoms with E-state index in [9.17, 15) is 19.5 Å². The van der Waals surface area contributed by atoms with E-state index in [4.69, 9.17) is 5.10 Å². The third-order valence-corrected chi connectivity index (χ3v) is 8.57. The molecule has 0 aliphatic heterocycles. The van der Waals surface area contributed by atoms with Crippen LogP contribution in [0.15, 0.2) is 52.4 Å². The van der Waals surface area contributed by atoms with E-state index in [2.05, 4.69) is 26.6 Å². The summed E-state index contributed by atoms with van der Waals surface area (Å²) in [5.74, 6) is -2.03. The number of amides is 2. The van der Waals surface area contributed by atoms with E-state index in [1.807, 2.05) is 56.3 Å². The summed E-state index contributed by atoms with van der Waals surface area (Å²) in [6, 6.07) is 12.4. The van der Waals surface area contributed by atoms with E-state index < -0.39 is 12.0 Å². The fourth-order valence-corrected chi connectivity index (χ4v) is 6.04. The third kappa shape index (κ3) is 6.48. The highest BCUT2D eigenvalue weighted by Crippen LogP contribution is 2.33. The molecule has 0 radical (unpaired) electrons. The third-order valence-electron chi connectivity index (χ3n) is 6.94. The Morgan fingerprint density at radius 1 is 1.19 bits per heavy atom. The smallest absolute Gasteiger partial charge is 0.326 e. The minimum atomic E-state index is -1.02. The lowest BCUT2D eigenvalue weighted by Crippen LogP contribution is -2.49. The number of para-hydroxylation sites is 1. The normalized spacial score (nSPS) is 19.1. The molecule has 3 N–H and O–H groups in total. The predicted molar refractivity (Wildman–Crippen MR) is 147 cm³/mol. The number of thiophene rings is 1. The maximum atomic E-state index is 13.5. The summed E-state index contributed by atoms with van der Waals surface area (Å²) in [6.45, 7) is 3.73. The van der Waals surface area contributed by atoms with Crippen LogP contribution in [-0.4, -0.2) is 44.8 Å². The summed E-state index contributed by atoms with van der Waals surface area (Å²) in [6.07, 6.45) is 5.07. The van der Waals surface area contributed by atoms with Crippen molar-refractivity contribution in [1.82, 2.24) is 20.4 Å². The largest absolute Gasteiger partial charge is 0.480 e. The molecule has 2 heterocycles. The predicted octanol–water partition coefficient (Wildman–Crippen LogP) is 5.27. The number of carboxylic acid groups (broad SMARTS) is 1. The summed E-state index contributed by atoms with van der Waals surface area (Å²) in [5.41, 5.74) is 1.91. The van der Waals surface area contributed by atoms with Gasteiger partial charge in [-0.25, -0.2) is 9.48 Å². The number of aliphatic carboxylic acids is 1. The molecule has 196 valence electrons. The average Bonchev–Trinajstić information content (AvgIpc) is 3.54. The summed E-state index contributed by atoms with van der Waals surface area (Å²) in [7, 11) is 0. The number of carboxylic acids is 1. The van der Waals surface area contributed by atoms with Crippen LogP contribution in [0.2, 0.25) is 0 Å². The summed E-state index contributed by atoms with van der Waals surface area (Å²) in [4.78, 5) is 38.9. The minimum absolute atomic E-state index is 0.169. The Hall–Kier alpha value is -2.98. The molecule has 1 fully saturated rings. The number of benzene rings is 1. The molecule has 1 aromatic carbocycles. The van der Waals surface area contributed by atoms with Crippen molar-refractivity contribution in [3.63, 3.8) is 0 Å². The Morgan fingerprint density at radius 2 is 1.95 bits per heavy atom. The zero-order valence-corrected chi connectivity index (χ0v) is 23.2. The van der Waals surface area contributed by atoms with Crippen LogP contribution < -0.4 is 10.6 Å². The first-order valence-corrected chi connectivity index (χ1v) is 14.1. The molecule has 3 aromatic rings. The number of hydrogen-bond donors (Lipinski definition) is 3. The SMILES string of the molecule is CCC(C)C(NC(=O)[C@H]1CCC[C@@H](NC(=O)c2cn(-c3ccccc3)nc2-c2ccc(Br)s2)C1)C(=O)O. The number of halogens is 1. The van der Waals surface area contributed by atoms with E-state index in [0.717, 1.165) is 27.2 Å². The average molecular weight is 588 g/mol. The fraction of sp³-hybridized carbons (Fsp3) is 0.407. The van der Waals surface area contributed by atoms with Gasteiger partial charge in [-0.2, -0.15) is 5.10 Å². The number of aromatic nitrogens is 2. The van der Waals surface area contributed by atoms with Crippen molar-refractivity contribution in [2.45, 2.75) is 58.0 Å². The van der Waals surface area contributed by atoms with Gasteiger partial charge in [0.1, 0.15) is 11.7 Å². The molecule has 1 aliphatic rings. The standard InChI is InChI=1S/C27H31BrN4O4S/c1-3-16(2)23(27(35)36)30-25(33)17-8-7-9-18(14-17)29-26(34)20-15-32(19-10-5-4-6-11-19)31-24(20)21-12-13-22(28)37-21/h4-6,10-13,15-18,23H,3,7-9,14H2,1-2H3,(H,29,34)(H,30,33)(H,35,36)/t16?,17-,18+,23?/m0/s1. The topological polar surface area (TPSA) is 113 Å². The number of hydrogen-bond acceptors (Lipinski definition) is 5. The summed E-state index contributed by atoms with van der Waals surface area (Å²) in [5, 5.41) is 20.1. The molecule has 1 aliphatic carbocycles.